The Labute approximate surface area is 150 Å². The molecule has 3 aromatic carbocycles. The molecule has 0 aliphatic carbocycles. The molecule has 0 N–H and O–H groups in total. The lowest BCUT2D eigenvalue weighted by Gasteiger charge is -2.04. The van der Waals surface area contributed by atoms with Crippen LogP contribution in [-0.2, 0) is 0 Å². The van der Waals surface area contributed by atoms with Gasteiger partial charge < -0.3 is 8.83 Å². The van der Waals surface area contributed by atoms with Crippen LogP contribution in [0, 0.1) is 0 Å². The Kier molecular flexibility index (Phi) is 3.09. The van der Waals surface area contributed by atoms with E-state index in [9.17, 15) is 4.79 Å². The fourth-order valence-corrected chi connectivity index (χ4v) is 3.67. The van der Waals surface area contributed by atoms with Crippen molar-refractivity contribution in [1.82, 2.24) is 0 Å². The van der Waals surface area contributed by atoms with E-state index in [-0.39, 0.29) is 5.63 Å². The van der Waals surface area contributed by atoms with Gasteiger partial charge in [0.15, 0.2) is 0 Å². The van der Waals surface area contributed by atoms with Gasteiger partial charge in [-0.1, -0.05) is 46.3 Å². The number of fused-ring (bicyclic) bond motifs is 4. The first kappa shape index (κ1) is 14.5. The van der Waals surface area contributed by atoms with Crippen LogP contribution < -0.4 is 5.63 Å². The van der Waals surface area contributed by atoms with Crippen molar-refractivity contribution in [2.24, 2.45) is 0 Å². The molecule has 0 saturated heterocycles. The van der Waals surface area contributed by atoms with E-state index >= 15 is 0 Å². The Hall–Kier alpha value is -2.85. The van der Waals surface area contributed by atoms with Crippen LogP contribution in [0.15, 0.2) is 85.0 Å². The zero-order valence-corrected chi connectivity index (χ0v) is 14.5. The summed E-state index contributed by atoms with van der Waals surface area (Å²) >= 11 is 3.46. The van der Waals surface area contributed by atoms with Gasteiger partial charge in [-0.05, 0) is 41.1 Å². The molecule has 25 heavy (non-hydrogen) atoms. The zero-order chi connectivity index (χ0) is 17.0. The number of hydrogen-bond acceptors (Lipinski definition) is 3. The van der Waals surface area contributed by atoms with Gasteiger partial charge in [-0.15, -0.1) is 0 Å². The number of rotatable bonds is 1. The molecule has 0 radical (unpaired) electrons. The largest absolute Gasteiger partial charge is 0.464 e. The Morgan fingerprint density at radius 3 is 2.56 bits per heavy atom. The van der Waals surface area contributed by atoms with Crippen molar-refractivity contribution in [3.63, 3.8) is 0 Å². The first-order chi connectivity index (χ1) is 12.2. The predicted molar refractivity (Wildman–Crippen MR) is 103 cm³/mol. The smallest absolute Gasteiger partial charge is 0.344 e. The molecule has 2 heterocycles. The van der Waals surface area contributed by atoms with Gasteiger partial charge in [0.25, 0.3) is 0 Å². The summed E-state index contributed by atoms with van der Waals surface area (Å²) in [6.07, 6.45) is 1.63. The van der Waals surface area contributed by atoms with Crippen molar-refractivity contribution in [1.29, 1.82) is 0 Å². The topological polar surface area (TPSA) is 43.4 Å². The van der Waals surface area contributed by atoms with Gasteiger partial charge in [-0.2, -0.15) is 0 Å². The highest BCUT2D eigenvalue weighted by Crippen LogP contribution is 2.35. The first-order valence-electron chi connectivity index (χ1n) is 7.83. The average molecular weight is 391 g/mol. The van der Waals surface area contributed by atoms with Crippen LogP contribution in [0.4, 0.5) is 0 Å². The molecular formula is C21H11BrO3. The molecule has 5 aromatic rings. The molecule has 0 spiro atoms. The van der Waals surface area contributed by atoms with Gasteiger partial charge in [0.2, 0.25) is 0 Å². The van der Waals surface area contributed by atoms with Gasteiger partial charge in [0.1, 0.15) is 11.2 Å². The predicted octanol–water partition coefficient (Wildman–Crippen LogP) is 6.12. The molecule has 0 fully saturated rings. The van der Waals surface area contributed by atoms with E-state index in [1.54, 1.807) is 12.3 Å². The van der Waals surface area contributed by atoms with Gasteiger partial charge >= 0.3 is 5.63 Å². The molecule has 0 unspecified atom stereocenters. The van der Waals surface area contributed by atoms with Crippen molar-refractivity contribution in [3.05, 3.63) is 81.8 Å². The van der Waals surface area contributed by atoms with Crippen LogP contribution in [0.3, 0.4) is 0 Å². The van der Waals surface area contributed by atoms with E-state index in [0.717, 1.165) is 37.2 Å². The van der Waals surface area contributed by atoms with Crippen LogP contribution in [0.1, 0.15) is 0 Å². The van der Waals surface area contributed by atoms with Gasteiger partial charge in [-0.3, -0.25) is 0 Å². The summed E-state index contributed by atoms with van der Waals surface area (Å²) in [5.74, 6) is 0. The molecule has 0 atom stereocenters. The van der Waals surface area contributed by atoms with E-state index in [1.807, 2.05) is 54.6 Å². The second-order valence-corrected chi connectivity index (χ2v) is 6.85. The van der Waals surface area contributed by atoms with Gasteiger partial charge in [-0.25, -0.2) is 4.79 Å². The maximum atomic E-state index is 12.6. The third kappa shape index (κ3) is 2.22. The van der Waals surface area contributed by atoms with E-state index < -0.39 is 0 Å². The number of furan rings is 1. The standard InChI is InChI=1S/C21H11BrO3/c22-14-6-8-18-13(9-14)10-16(21(23)25-18)17-11-24-19-7-5-12-3-1-2-4-15(12)20(17)19/h1-11H. The highest BCUT2D eigenvalue weighted by molar-refractivity contribution is 9.10. The molecule has 5 rings (SSSR count). The monoisotopic (exact) mass is 390 g/mol. The lowest BCUT2D eigenvalue weighted by atomic mass is 10.00. The molecule has 0 saturated carbocycles. The second-order valence-electron chi connectivity index (χ2n) is 5.94. The fraction of sp³-hybridized carbons (Fsp3) is 0. The molecule has 120 valence electrons. The summed E-state index contributed by atoms with van der Waals surface area (Å²) < 4.78 is 12.2. The summed E-state index contributed by atoms with van der Waals surface area (Å²) in [7, 11) is 0. The number of benzene rings is 3. The average Bonchev–Trinajstić information content (AvgIpc) is 3.06. The van der Waals surface area contributed by atoms with Gasteiger partial charge in [0.05, 0.1) is 11.8 Å². The fourth-order valence-electron chi connectivity index (χ4n) is 3.29. The molecule has 3 nitrogen and oxygen atoms in total. The summed E-state index contributed by atoms with van der Waals surface area (Å²) in [5.41, 5.74) is 2.20. The lowest BCUT2D eigenvalue weighted by Crippen LogP contribution is -2.02. The van der Waals surface area contributed by atoms with Crippen molar-refractivity contribution < 1.29 is 8.83 Å². The van der Waals surface area contributed by atoms with Crippen molar-refractivity contribution in [3.8, 4) is 11.1 Å². The number of halogens is 1. The van der Waals surface area contributed by atoms with Crippen molar-refractivity contribution in [2.75, 3.05) is 0 Å². The highest BCUT2D eigenvalue weighted by atomic mass is 79.9. The Balaban J connectivity index is 1.90. The van der Waals surface area contributed by atoms with Crippen LogP contribution in [0.25, 0.3) is 43.8 Å². The van der Waals surface area contributed by atoms with Crippen LogP contribution >= 0.6 is 15.9 Å². The van der Waals surface area contributed by atoms with Crippen LogP contribution in [0.2, 0.25) is 0 Å². The SMILES string of the molecule is O=c1oc2ccc(Br)cc2cc1-c1coc2ccc3ccccc3c12. The molecular weight excluding hydrogens is 380 g/mol. The molecule has 0 aliphatic rings. The molecule has 0 bridgehead atoms. The minimum absolute atomic E-state index is 0.370. The Morgan fingerprint density at radius 2 is 1.64 bits per heavy atom. The first-order valence-corrected chi connectivity index (χ1v) is 8.63. The van der Waals surface area contributed by atoms with Gasteiger partial charge in [0, 0.05) is 20.8 Å². The summed E-state index contributed by atoms with van der Waals surface area (Å²) in [6, 6.07) is 19.4. The quantitative estimate of drug-likeness (QED) is 0.323. The molecule has 2 aromatic heterocycles. The maximum Gasteiger partial charge on any atom is 0.344 e. The highest BCUT2D eigenvalue weighted by Gasteiger charge is 2.16. The number of hydrogen-bond donors (Lipinski definition) is 0. The molecule has 0 amide bonds. The normalized spacial score (nSPS) is 11.6. The van der Waals surface area contributed by atoms with E-state index in [0.29, 0.717) is 11.1 Å². The van der Waals surface area contributed by atoms with E-state index in [1.165, 1.54) is 0 Å². The minimum atomic E-state index is -0.370. The molecule has 4 heteroatoms. The third-order valence-corrected chi connectivity index (χ3v) is 4.94. The summed E-state index contributed by atoms with van der Waals surface area (Å²) in [4.78, 5) is 12.6. The zero-order valence-electron chi connectivity index (χ0n) is 13.0. The van der Waals surface area contributed by atoms with Crippen molar-refractivity contribution in [2.45, 2.75) is 0 Å². The third-order valence-electron chi connectivity index (χ3n) is 4.45. The van der Waals surface area contributed by atoms with Crippen LogP contribution in [0.5, 0.6) is 0 Å². The van der Waals surface area contributed by atoms with Crippen LogP contribution in [-0.4, -0.2) is 0 Å². The second kappa shape index (κ2) is 5.33. The lowest BCUT2D eigenvalue weighted by molar-refractivity contribution is 0.562. The van der Waals surface area contributed by atoms with E-state index in [2.05, 4.69) is 15.9 Å². The van der Waals surface area contributed by atoms with Crippen molar-refractivity contribution >= 4 is 48.6 Å². The summed E-state index contributed by atoms with van der Waals surface area (Å²) in [6.45, 7) is 0. The maximum absolute atomic E-state index is 12.6. The summed E-state index contributed by atoms with van der Waals surface area (Å²) in [5, 5.41) is 3.95. The Bertz CT molecular complexity index is 1330. The van der Waals surface area contributed by atoms with E-state index in [4.69, 9.17) is 8.83 Å². The minimum Gasteiger partial charge on any atom is -0.464 e. The Morgan fingerprint density at radius 1 is 0.800 bits per heavy atom. The molecule has 0 aliphatic heterocycles.